The number of rotatable bonds is 6. The number of para-hydroxylation sites is 1. The van der Waals surface area contributed by atoms with Crippen molar-refractivity contribution in [1.29, 1.82) is 0 Å². The zero-order valence-electron chi connectivity index (χ0n) is 11.6. The maximum absolute atomic E-state index is 8.77. The topological polar surface area (TPSA) is 37.2 Å². The molecule has 3 nitrogen and oxygen atoms in total. The lowest BCUT2D eigenvalue weighted by Crippen LogP contribution is -2.15. The van der Waals surface area contributed by atoms with Crippen LogP contribution in [0.5, 0.6) is 0 Å². The van der Waals surface area contributed by atoms with Crippen LogP contribution in [-0.4, -0.2) is 22.8 Å². The van der Waals surface area contributed by atoms with Crippen LogP contribution in [0, 0.1) is 0 Å². The van der Waals surface area contributed by atoms with Crippen molar-refractivity contribution in [3.8, 4) is 0 Å². The zero-order chi connectivity index (χ0) is 13.0. The van der Waals surface area contributed by atoms with Crippen molar-refractivity contribution in [2.24, 2.45) is 0 Å². The first-order valence-corrected chi connectivity index (χ1v) is 6.64. The smallest absolute Gasteiger partial charge is 0.0486 e. The Morgan fingerprint density at radius 2 is 2.00 bits per heavy atom. The molecule has 0 atom stereocenters. The average Bonchev–Trinajstić information content (AvgIpc) is 2.74. The van der Waals surface area contributed by atoms with E-state index in [2.05, 4.69) is 54.2 Å². The summed E-state index contributed by atoms with van der Waals surface area (Å²) >= 11 is 0. The number of nitrogens with one attached hydrogen (secondary N) is 1. The number of benzene rings is 1. The molecule has 19 heavy (non-hydrogen) atoms. The third-order valence-corrected chi connectivity index (χ3v) is 3.21. The van der Waals surface area contributed by atoms with Gasteiger partial charge in [0.25, 0.3) is 0 Å². The molecule has 0 bridgehead atoms. The molecule has 1 aromatic carbocycles. The Morgan fingerprint density at radius 1 is 1.26 bits per heavy atom. The monoisotopic (exact) mass is 282 g/mol. The fraction of sp³-hybridized carbons (Fsp3) is 0.467. The largest absolute Gasteiger partial charge is 0.396 e. The van der Waals surface area contributed by atoms with Gasteiger partial charge in [-0.1, -0.05) is 18.2 Å². The van der Waals surface area contributed by atoms with Gasteiger partial charge in [-0.15, -0.1) is 12.4 Å². The van der Waals surface area contributed by atoms with E-state index in [1.807, 2.05) is 0 Å². The predicted octanol–water partition coefficient (Wildman–Crippen LogP) is 3.12. The van der Waals surface area contributed by atoms with E-state index >= 15 is 0 Å². The Kier molecular flexibility index (Phi) is 6.35. The van der Waals surface area contributed by atoms with Crippen molar-refractivity contribution in [2.75, 3.05) is 13.2 Å². The molecule has 0 aliphatic carbocycles. The molecule has 0 aliphatic rings. The molecule has 0 amide bonds. The quantitative estimate of drug-likeness (QED) is 0.799. The van der Waals surface area contributed by atoms with Gasteiger partial charge in [0.05, 0.1) is 0 Å². The van der Waals surface area contributed by atoms with E-state index in [0.717, 1.165) is 19.5 Å². The van der Waals surface area contributed by atoms with Gasteiger partial charge in [0.2, 0.25) is 0 Å². The molecule has 106 valence electrons. The Labute approximate surface area is 121 Å². The Bertz CT molecular complexity index is 508. The molecule has 4 heteroatoms. The summed E-state index contributed by atoms with van der Waals surface area (Å²) in [6.07, 6.45) is 3.05. The van der Waals surface area contributed by atoms with Crippen LogP contribution in [-0.2, 0) is 6.54 Å². The Balaban J connectivity index is 0.00000180. The van der Waals surface area contributed by atoms with Gasteiger partial charge in [0.15, 0.2) is 0 Å². The third-order valence-electron chi connectivity index (χ3n) is 3.21. The summed E-state index contributed by atoms with van der Waals surface area (Å²) in [6, 6.07) is 9.00. The van der Waals surface area contributed by atoms with Gasteiger partial charge in [-0.25, -0.2) is 0 Å². The van der Waals surface area contributed by atoms with Crippen molar-refractivity contribution in [3.63, 3.8) is 0 Å². The van der Waals surface area contributed by atoms with Crippen molar-refractivity contribution in [1.82, 2.24) is 9.88 Å². The number of nitrogens with zero attached hydrogens (tertiary/aromatic N) is 1. The Morgan fingerprint density at radius 3 is 2.68 bits per heavy atom. The van der Waals surface area contributed by atoms with E-state index in [4.69, 9.17) is 5.11 Å². The number of aromatic nitrogens is 1. The van der Waals surface area contributed by atoms with Gasteiger partial charge in [-0.05, 0) is 38.4 Å². The first kappa shape index (κ1) is 16.0. The normalized spacial score (nSPS) is 10.9. The van der Waals surface area contributed by atoms with Crippen LogP contribution < -0.4 is 5.32 Å². The predicted molar refractivity (Wildman–Crippen MR) is 83.0 cm³/mol. The maximum Gasteiger partial charge on any atom is 0.0486 e. The highest BCUT2D eigenvalue weighted by Crippen LogP contribution is 2.24. The van der Waals surface area contributed by atoms with Crippen LogP contribution in [0.15, 0.2) is 30.5 Å². The van der Waals surface area contributed by atoms with Gasteiger partial charge in [0, 0.05) is 36.3 Å². The number of fused-ring (bicyclic) bond motifs is 1. The average molecular weight is 283 g/mol. The lowest BCUT2D eigenvalue weighted by atomic mass is 10.2. The standard InChI is InChI=1S/C15H22N2O.ClH/c1-12(2)17-11-13(10-16-8-5-9-18)14-6-3-4-7-15(14)17;/h3-4,6-7,11-12,16,18H,5,8-10H2,1-2H3;1H. The lowest BCUT2D eigenvalue weighted by Gasteiger charge is -2.08. The number of aliphatic hydroxyl groups is 1. The van der Waals surface area contributed by atoms with Crippen molar-refractivity contribution in [2.45, 2.75) is 32.9 Å². The molecule has 2 aromatic rings. The van der Waals surface area contributed by atoms with Gasteiger partial charge < -0.3 is 15.0 Å². The van der Waals surface area contributed by atoms with E-state index < -0.39 is 0 Å². The molecule has 0 unspecified atom stereocenters. The molecular weight excluding hydrogens is 260 g/mol. The highest BCUT2D eigenvalue weighted by Gasteiger charge is 2.09. The molecule has 1 heterocycles. The van der Waals surface area contributed by atoms with Gasteiger partial charge in [0.1, 0.15) is 0 Å². The molecule has 0 saturated carbocycles. The van der Waals surface area contributed by atoms with Gasteiger partial charge >= 0.3 is 0 Å². The first-order valence-electron chi connectivity index (χ1n) is 6.64. The molecule has 0 saturated heterocycles. The minimum absolute atomic E-state index is 0. The van der Waals surface area contributed by atoms with E-state index in [-0.39, 0.29) is 19.0 Å². The zero-order valence-corrected chi connectivity index (χ0v) is 12.4. The fourth-order valence-corrected chi connectivity index (χ4v) is 2.27. The molecule has 2 N–H and O–H groups in total. The minimum atomic E-state index is 0. The minimum Gasteiger partial charge on any atom is -0.396 e. The van der Waals surface area contributed by atoms with Crippen LogP contribution >= 0.6 is 12.4 Å². The fourth-order valence-electron chi connectivity index (χ4n) is 2.27. The molecule has 0 spiro atoms. The lowest BCUT2D eigenvalue weighted by molar-refractivity contribution is 0.286. The summed E-state index contributed by atoms with van der Waals surface area (Å²) in [5.74, 6) is 0. The molecule has 1 aromatic heterocycles. The van der Waals surface area contributed by atoms with Gasteiger partial charge in [-0.3, -0.25) is 0 Å². The van der Waals surface area contributed by atoms with Crippen molar-refractivity contribution < 1.29 is 5.11 Å². The molecule has 0 aliphatic heterocycles. The van der Waals surface area contributed by atoms with E-state index in [1.165, 1.54) is 16.5 Å². The van der Waals surface area contributed by atoms with E-state index in [0.29, 0.717) is 6.04 Å². The van der Waals surface area contributed by atoms with Crippen LogP contribution in [0.2, 0.25) is 0 Å². The molecule has 0 fully saturated rings. The highest BCUT2D eigenvalue weighted by atomic mass is 35.5. The number of hydrogen-bond donors (Lipinski definition) is 2. The maximum atomic E-state index is 8.77. The summed E-state index contributed by atoms with van der Waals surface area (Å²) in [5, 5.41) is 13.5. The van der Waals surface area contributed by atoms with E-state index in [1.54, 1.807) is 0 Å². The highest BCUT2D eigenvalue weighted by molar-refractivity contribution is 5.85. The van der Waals surface area contributed by atoms with Crippen LogP contribution in [0.25, 0.3) is 10.9 Å². The van der Waals surface area contributed by atoms with Crippen molar-refractivity contribution in [3.05, 3.63) is 36.0 Å². The summed E-state index contributed by atoms with van der Waals surface area (Å²) in [4.78, 5) is 0. The summed E-state index contributed by atoms with van der Waals surface area (Å²) in [6.45, 7) is 6.38. The molecule has 0 radical (unpaired) electrons. The number of hydrogen-bond acceptors (Lipinski definition) is 2. The van der Waals surface area contributed by atoms with Crippen molar-refractivity contribution >= 4 is 23.3 Å². The van der Waals surface area contributed by atoms with Gasteiger partial charge in [-0.2, -0.15) is 0 Å². The number of halogens is 1. The number of aliphatic hydroxyl groups excluding tert-OH is 1. The SMILES string of the molecule is CC(C)n1cc(CNCCCO)c2ccccc21.Cl. The second-order valence-electron chi connectivity index (χ2n) is 4.93. The second-order valence-corrected chi connectivity index (χ2v) is 4.93. The third kappa shape index (κ3) is 3.72. The van der Waals surface area contributed by atoms with Crippen LogP contribution in [0.3, 0.4) is 0 Å². The molecule has 2 rings (SSSR count). The Hall–Kier alpha value is -1.03. The van der Waals surface area contributed by atoms with E-state index in [9.17, 15) is 0 Å². The first-order chi connectivity index (χ1) is 8.74. The summed E-state index contributed by atoms with van der Waals surface area (Å²) < 4.78 is 2.32. The van der Waals surface area contributed by atoms with Crippen LogP contribution in [0.4, 0.5) is 0 Å². The molecular formula is C15H23ClN2O. The van der Waals surface area contributed by atoms with Crippen LogP contribution in [0.1, 0.15) is 31.9 Å². The summed E-state index contributed by atoms with van der Waals surface area (Å²) in [5.41, 5.74) is 2.63. The summed E-state index contributed by atoms with van der Waals surface area (Å²) in [7, 11) is 0. The second kappa shape index (κ2) is 7.53.